The van der Waals surface area contributed by atoms with E-state index in [0.29, 0.717) is 11.3 Å². The molecule has 0 amide bonds. The molecule has 2 aromatic rings. The van der Waals surface area contributed by atoms with Crippen LogP contribution in [0.3, 0.4) is 0 Å². The Hall–Kier alpha value is -2.52. The molecule has 0 aliphatic heterocycles. The maximum atomic E-state index is 12.0. The molecule has 0 aliphatic carbocycles. The molecule has 2 N–H and O–H groups in total. The van der Waals surface area contributed by atoms with Crippen molar-refractivity contribution < 1.29 is 8.42 Å². The molecule has 1 aromatic carbocycles. The summed E-state index contributed by atoms with van der Waals surface area (Å²) >= 11 is 0. The maximum absolute atomic E-state index is 12.0. The third-order valence-corrected chi connectivity index (χ3v) is 3.73. The molecule has 19 heavy (non-hydrogen) atoms. The summed E-state index contributed by atoms with van der Waals surface area (Å²) in [6, 6.07) is 8.85. The minimum atomic E-state index is -3.74. The lowest BCUT2D eigenvalue weighted by Gasteiger charge is -2.07. The molecule has 0 aliphatic rings. The van der Waals surface area contributed by atoms with Crippen LogP contribution in [0.2, 0.25) is 0 Å². The maximum Gasteiger partial charge on any atom is 0.263 e. The lowest BCUT2D eigenvalue weighted by Crippen LogP contribution is -2.15. The zero-order valence-corrected chi connectivity index (χ0v) is 10.6. The van der Waals surface area contributed by atoms with Gasteiger partial charge in [-0.1, -0.05) is 12.0 Å². The highest BCUT2D eigenvalue weighted by molar-refractivity contribution is 7.92. The number of hydrogen-bond donors (Lipinski definition) is 2. The fraction of sp³-hybridized carbons (Fsp3) is 0. The molecule has 0 saturated heterocycles. The fourth-order valence-corrected chi connectivity index (χ4v) is 2.47. The highest BCUT2D eigenvalue weighted by atomic mass is 32.2. The summed E-state index contributed by atoms with van der Waals surface area (Å²) in [5.41, 5.74) is 0.566. The molecule has 0 fully saturated rings. The van der Waals surface area contributed by atoms with E-state index in [0.717, 1.165) is 12.3 Å². The van der Waals surface area contributed by atoms with Gasteiger partial charge in [0.15, 0.2) is 0 Å². The monoisotopic (exact) mass is 274 g/mol. The lowest BCUT2D eigenvalue weighted by molar-refractivity contribution is 0.600. The zero-order valence-electron chi connectivity index (χ0n) is 9.75. The van der Waals surface area contributed by atoms with Crippen LogP contribution in [0.1, 0.15) is 5.56 Å². The second-order valence-electron chi connectivity index (χ2n) is 3.72. The predicted octanol–water partition coefficient (Wildman–Crippen LogP) is 1.16. The molecule has 5 nitrogen and oxygen atoms in total. The van der Waals surface area contributed by atoms with Crippen molar-refractivity contribution in [3.63, 3.8) is 0 Å². The van der Waals surface area contributed by atoms with Crippen LogP contribution in [0.25, 0.3) is 0 Å². The summed E-state index contributed by atoms with van der Waals surface area (Å²) in [5, 5.41) is 0. The standard InChI is InChI=1S/C13H10N2O3S/c1-2-10-4-3-5-11(8-10)15-19(17,18)12-6-7-13(16)14-9-12/h1,3-9,15H,(H,14,16). The molecular weight excluding hydrogens is 264 g/mol. The Balaban J connectivity index is 2.33. The first-order valence-corrected chi connectivity index (χ1v) is 6.78. The highest BCUT2D eigenvalue weighted by Crippen LogP contribution is 2.15. The van der Waals surface area contributed by atoms with E-state index in [9.17, 15) is 13.2 Å². The summed E-state index contributed by atoms with van der Waals surface area (Å²) in [7, 11) is -3.74. The van der Waals surface area contributed by atoms with E-state index in [1.165, 1.54) is 6.07 Å². The molecular formula is C13H10N2O3S. The van der Waals surface area contributed by atoms with E-state index in [2.05, 4.69) is 15.6 Å². The van der Waals surface area contributed by atoms with Gasteiger partial charge in [0.2, 0.25) is 5.56 Å². The molecule has 1 aromatic heterocycles. The molecule has 0 spiro atoms. The molecule has 1 heterocycles. The van der Waals surface area contributed by atoms with E-state index in [1.807, 2.05) is 0 Å². The van der Waals surface area contributed by atoms with Crippen molar-refractivity contribution in [1.82, 2.24) is 4.98 Å². The number of benzene rings is 1. The molecule has 0 unspecified atom stereocenters. The number of rotatable bonds is 3. The number of sulfonamides is 1. The number of nitrogens with one attached hydrogen (secondary N) is 2. The van der Waals surface area contributed by atoms with Gasteiger partial charge in [-0.2, -0.15) is 0 Å². The summed E-state index contributed by atoms with van der Waals surface area (Å²) < 4.78 is 26.4. The summed E-state index contributed by atoms with van der Waals surface area (Å²) in [4.78, 5) is 13.2. The van der Waals surface area contributed by atoms with Gasteiger partial charge in [-0.15, -0.1) is 6.42 Å². The van der Waals surface area contributed by atoms with Crippen molar-refractivity contribution in [3.8, 4) is 12.3 Å². The van der Waals surface area contributed by atoms with Gasteiger partial charge in [0, 0.05) is 17.8 Å². The van der Waals surface area contributed by atoms with Crippen LogP contribution in [0.15, 0.2) is 52.3 Å². The number of pyridine rings is 1. The minimum Gasteiger partial charge on any atom is -0.328 e. The van der Waals surface area contributed by atoms with Gasteiger partial charge in [0.1, 0.15) is 4.90 Å². The molecule has 96 valence electrons. The Morgan fingerprint density at radius 2 is 2.00 bits per heavy atom. The number of H-pyrrole nitrogens is 1. The van der Waals surface area contributed by atoms with Crippen molar-refractivity contribution in [2.24, 2.45) is 0 Å². The Bertz CT molecular complexity index is 781. The van der Waals surface area contributed by atoms with Crippen molar-refractivity contribution in [2.75, 3.05) is 4.72 Å². The van der Waals surface area contributed by atoms with E-state index >= 15 is 0 Å². The van der Waals surface area contributed by atoms with E-state index in [-0.39, 0.29) is 10.5 Å². The largest absolute Gasteiger partial charge is 0.328 e. The average Bonchev–Trinajstić information content (AvgIpc) is 2.39. The molecule has 0 saturated carbocycles. The third-order valence-electron chi connectivity index (χ3n) is 2.35. The molecule has 2 rings (SSSR count). The van der Waals surface area contributed by atoms with Crippen LogP contribution in [0.5, 0.6) is 0 Å². The van der Waals surface area contributed by atoms with E-state index in [1.54, 1.807) is 24.3 Å². The SMILES string of the molecule is C#Cc1cccc(NS(=O)(=O)c2ccc(=O)[nH]c2)c1. The second kappa shape index (κ2) is 5.00. The van der Waals surface area contributed by atoms with Gasteiger partial charge in [-0.25, -0.2) is 8.42 Å². The topological polar surface area (TPSA) is 79.0 Å². The second-order valence-corrected chi connectivity index (χ2v) is 5.40. The van der Waals surface area contributed by atoms with Crippen molar-refractivity contribution in [2.45, 2.75) is 4.90 Å². The van der Waals surface area contributed by atoms with Gasteiger partial charge < -0.3 is 4.98 Å². The third kappa shape index (κ3) is 3.03. The van der Waals surface area contributed by atoms with Gasteiger partial charge in [0.05, 0.1) is 5.69 Å². The predicted molar refractivity (Wildman–Crippen MR) is 72.2 cm³/mol. The van der Waals surface area contributed by atoms with Crippen molar-refractivity contribution in [3.05, 3.63) is 58.5 Å². The van der Waals surface area contributed by atoms with Crippen LogP contribution in [0.4, 0.5) is 5.69 Å². The Labute approximate surface area is 110 Å². The van der Waals surface area contributed by atoms with E-state index in [4.69, 9.17) is 6.42 Å². The van der Waals surface area contributed by atoms with Gasteiger partial charge in [0.25, 0.3) is 10.0 Å². The summed E-state index contributed by atoms with van der Waals surface area (Å²) in [5.74, 6) is 2.42. The molecule has 6 heteroatoms. The van der Waals surface area contributed by atoms with Crippen LogP contribution < -0.4 is 10.3 Å². The lowest BCUT2D eigenvalue weighted by atomic mass is 10.2. The fourth-order valence-electron chi connectivity index (χ4n) is 1.45. The minimum absolute atomic E-state index is 0.0294. The number of anilines is 1. The first kappa shape index (κ1) is 12.9. The van der Waals surface area contributed by atoms with Gasteiger partial charge in [-0.05, 0) is 24.3 Å². The number of aromatic nitrogens is 1. The van der Waals surface area contributed by atoms with Crippen LogP contribution in [0, 0.1) is 12.3 Å². The quantitative estimate of drug-likeness (QED) is 0.824. The zero-order chi connectivity index (χ0) is 13.9. The highest BCUT2D eigenvalue weighted by Gasteiger charge is 2.14. The summed E-state index contributed by atoms with van der Waals surface area (Å²) in [6.45, 7) is 0. The molecule has 0 radical (unpaired) electrons. The summed E-state index contributed by atoms with van der Waals surface area (Å²) in [6.07, 6.45) is 6.38. The van der Waals surface area contributed by atoms with Crippen LogP contribution in [-0.4, -0.2) is 13.4 Å². The molecule has 0 bridgehead atoms. The first-order chi connectivity index (χ1) is 9.01. The van der Waals surface area contributed by atoms with E-state index < -0.39 is 10.0 Å². The van der Waals surface area contributed by atoms with Crippen molar-refractivity contribution in [1.29, 1.82) is 0 Å². The van der Waals surface area contributed by atoms with Crippen LogP contribution >= 0.6 is 0 Å². The Morgan fingerprint density at radius 3 is 2.63 bits per heavy atom. The normalized spacial score (nSPS) is 10.7. The van der Waals surface area contributed by atoms with Crippen LogP contribution in [-0.2, 0) is 10.0 Å². The van der Waals surface area contributed by atoms with Gasteiger partial charge >= 0.3 is 0 Å². The van der Waals surface area contributed by atoms with Crippen molar-refractivity contribution >= 4 is 15.7 Å². The van der Waals surface area contributed by atoms with Gasteiger partial charge in [-0.3, -0.25) is 9.52 Å². The Morgan fingerprint density at radius 1 is 1.21 bits per heavy atom. The average molecular weight is 274 g/mol. The number of terminal acetylenes is 1. The number of hydrogen-bond acceptors (Lipinski definition) is 3. The Kier molecular flexibility index (Phi) is 3.40. The number of aromatic amines is 1. The molecule has 0 atom stereocenters. The first-order valence-electron chi connectivity index (χ1n) is 5.29. The smallest absolute Gasteiger partial charge is 0.263 e.